The molecule has 0 bridgehead atoms. The highest BCUT2D eigenvalue weighted by Gasteiger charge is 2.28. The molecule has 0 aliphatic rings. The molecule has 19 heavy (non-hydrogen) atoms. The van der Waals surface area contributed by atoms with Crippen molar-refractivity contribution in [3.05, 3.63) is 0 Å². The Labute approximate surface area is 121 Å². The second-order valence-electron chi connectivity index (χ2n) is 5.48. The quantitative estimate of drug-likeness (QED) is 0.298. The molecule has 0 spiro atoms. The van der Waals surface area contributed by atoms with Crippen LogP contribution in [0.3, 0.4) is 0 Å². The van der Waals surface area contributed by atoms with Crippen molar-refractivity contribution in [3.63, 3.8) is 0 Å². The lowest BCUT2D eigenvalue weighted by Crippen LogP contribution is -2.36. The van der Waals surface area contributed by atoms with E-state index in [0.717, 1.165) is 38.9 Å². The Bertz CT molecular complexity index is 172. The first-order chi connectivity index (χ1) is 9.24. The van der Waals surface area contributed by atoms with Crippen molar-refractivity contribution in [3.8, 4) is 0 Å². The van der Waals surface area contributed by atoms with Gasteiger partial charge in [0, 0.05) is 19.6 Å². The summed E-state index contributed by atoms with van der Waals surface area (Å²) in [5.74, 6) is -0.309. The molecule has 0 heterocycles. The van der Waals surface area contributed by atoms with E-state index in [1.165, 1.54) is 38.5 Å². The Hall–Kier alpha value is -0.0800. The van der Waals surface area contributed by atoms with E-state index >= 15 is 0 Å². The van der Waals surface area contributed by atoms with Crippen LogP contribution in [0.2, 0.25) is 0 Å². The Morgan fingerprint density at radius 1 is 0.632 bits per heavy atom. The zero-order valence-corrected chi connectivity index (χ0v) is 13.8. The highest BCUT2D eigenvalue weighted by Crippen LogP contribution is 2.26. The van der Waals surface area contributed by atoms with Crippen LogP contribution in [-0.2, 0) is 9.47 Å². The van der Waals surface area contributed by atoms with Gasteiger partial charge in [0.1, 0.15) is 0 Å². The lowest BCUT2D eigenvalue weighted by atomic mass is 10.0. The van der Waals surface area contributed by atoms with Crippen molar-refractivity contribution in [2.24, 2.45) is 0 Å². The molecular formula is C17H36O2. The Morgan fingerprint density at radius 2 is 1.16 bits per heavy atom. The van der Waals surface area contributed by atoms with Crippen LogP contribution in [0, 0.1) is 0 Å². The van der Waals surface area contributed by atoms with Gasteiger partial charge >= 0.3 is 0 Å². The molecule has 0 saturated carbocycles. The fraction of sp³-hybridized carbons (Fsp3) is 1.00. The molecule has 0 radical (unpaired) electrons. The zero-order valence-electron chi connectivity index (χ0n) is 13.8. The van der Waals surface area contributed by atoms with Crippen LogP contribution in [0.5, 0.6) is 0 Å². The molecule has 0 aromatic carbocycles. The largest absolute Gasteiger partial charge is 0.350 e. The van der Waals surface area contributed by atoms with Crippen LogP contribution in [0.1, 0.15) is 91.9 Å². The fourth-order valence-corrected chi connectivity index (χ4v) is 2.32. The summed E-state index contributed by atoms with van der Waals surface area (Å²) < 4.78 is 12.1. The first-order valence-corrected chi connectivity index (χ1v) is 8.52. The molecule has 0 aliphatic carbocycles. The van der Waals surface area contributed by atoms with Gasteiger partial charge in [-0.2, -0.15) is 0 Å². The number of hydrogen-bond acceptors (Lipinski definition) is 2. The summed E-state index contributed by atoms with van der Waals surface area (Å²) in [6.07, 6.45) is 12.1. The fourth-order valence-electron chi connectivity index (χ4n) is 2.32. The van der Waals surface area contributed by atoms with Gasteiger partial charge in [-0.05, 0) is 25.7 Å². The van der Waals surface area contributed by atoms with Crippen molar-refractivity contribution < 1.29 is 9.47 Å². The minimum absolute atomic E-state index is 0.309. The first kappa shape index (κ1) is 18.9. The summed E-state index contributed by atoms with van der Waals surface area (Å²) in [4.78, 5) is 0. The molecule has 0 atom stereocenters. The summed E-state index contributed by atoms with van der Waals surface area (Å²) >= 11 is 0. The number of unbranched alkanes of at least 4 members (excludes halogenated alkanes) is 5. The van der Waals surface area contributed by atoms with Crippen molar-refractivity contribution in [1.29, 1.82) is 0 Å². The molecule has 0 unspecified atom stereocenters. The van der Waals surface area contributed by atoms with Crippen LogP contribution in [-0.4, -0.2) is 19.0 Å². The second kappa shape index (κ2) is 12.9. The van der Waals surface area contributed by atoms with E-state index in [1.54, 1.807) is 0 Å². The van der Waals surface area contributed by atoms with Crippen LogP contribution >= 0.6 is 0 Å². The minimum Gasteiger partial charge on any atom is -0.350 e. The number of ether oxygens (including phenoxy) is 2. The van der Waals surface area contributed by atoms with Gasteiger partial charge in [0.05, 0.1) is 0 Å². The third kappa shape index (κ3) is 9.45. The minimum atomic E-state index is -0.309. The molecule has 0 saturated heterocycles. The molecule has 2 nitrogen and oxygen atoms in total. The number of rotatable bonds is 14. The maximum Gasteiger partial charge on any atom is 0.168 e. The molecule has 0 aliphatic heterocycles. The molecule has 0 N–H and O–H groups in total. The van der Waals surface area contributed by atoms with Gasteiger partial charge in [-0.25, -0.2) is 0 Å². The normalized spacial score (nSPS) is 12.0. The van der Waals surface area contributed by atoms with Gasteiger partial charge in [0.25, 0.3) is 0 Å². The summed E-state index contributed by atoms with van der Waals surface area (Å²) in [5, 5.41) is 0. The molecule has 0 aromatic rings. The topological polar surface area (TPSA) is 18.5 Å². The maximum atomic E-state index is 6.04. The van der Waals surface area contributed by atoms with Gasteiger partial charge in [-0.3, -0.25) is 0 Å². The maximum absolute atomic E-state index is 6.04. The van der Waals surface area contributed by atoms with Gasteiger partial charge in [0.15, 0.2) is 5.79 Å². The molecule has 0 aromatic heterocycles. The van der Waals surface area contributed by atoms with Crippen LogP contribution in [0.4, 0.5) is 0 Å². The van der Waals surface area contributed by atoms with Crippen molar-refractivity contribution in [1.82, 2.24) is 0 Å². The summed E-state index contributed by atoms with van der Waals surface area (Å²) in [6.45, 7) is 10.4. The average molecular weight is 272 g/mol. The summed E-state index contributed by atoms with van der Waals surface area (Å²) in [6, 6.07) is 0. The van der Waals surface area contributed by atoms with E-state index in [4.69, 9.17) is 9.47 Å². The van der Waals surface area contributed by atoms with E-state index in [9.17, 15) is 0 Å². The lowest BCUT2D eigenvalue weighted by molar-refractivity contribution is -0.243. The van der Waals surface area contributed by atoms with E-state index in [-0.39, 0.29) is 5.79 Å². The van der Waals surface area contributed by atoms with Crippen molar-refractivity contribution in [2.75, 3.05) is 13.2 Å². The molecule has 2 heteroatoms. The first-order valence-electron chi connectivity index (χ1n) is 8.52. The van der Waals surface area contributed by atoms with Crippen LogP contribution in [0.15, 0.2) is 0 Å². The average Bonchev–Trinajstić information content (AvgIpc) is 2.45. The molecular weight excluding hydrogens is 236 g/mol. The SMILES string of the molecule is CCCCCCCCC(CC)(OCCC)OCCC. The lowest BCUT2D eigenvalue weighted by Gasteiger charge is -2.33. The van der Waals surface area contributed by atoms with E-state index in [1.807, 2.05) is 0 Å². The van der Waals surface area contributed by atoms with Gasteiger partial charge < -0.3 is 9.47 Å². The van der Waals surface area contributed by atoms with Crippen molar-refractivity contribution in [2.45, 2.75) is 97.7 Å². The third-order valence-electron chi connectivity index (χ3n) is 3.59. The number of hydrogen-bond donors (Lipinski definition) is 0. The summed E-state index contributed by atoms with van der Waals surface area (Å²) in [7, 11) is 0. The predicted octanol–water partition coefficient (Wildman–Crippen LogP) is 5.70. The standard InChI is InChI=1S/C17H36O2/c1-5-9-10-11-12-13-14-17(8-4,18-15-6-2)19-16-7-3/h5-16H2,1-4H3. The van der Waals surface area contributed by atoms with Crippen LogP contribution in [0.25, 0.3) is 0 Å². The smallest absolute Gasteiger partial charge is 0.168 e. The predicted molar refractivity (Wildman–Crippen MR) is 83.5 cm³/mol. The molecule has 116 valence electrons. The summed E-state index contributed by atoms with van der Waals surface area (Å²) in [5.41, 5.74) is 0. The van der Waals surface area contributed by atoms with E-state index < -0.39 is 0 Å². The van der Waals surface area contributed by atoms with Gasteiger partial charge in [-0.15, -0.1) is 0 Å². The zero-order chi connectivity index (χ0) is 14.4. The van der Waals surface area contributed by atoms with Gasteiger partial charge in [-0.1, -0.05) is 59.8 Å². The molecule has 0 rings (SSSR count). The molecule has 0 fully saturated rings. The highest BCUT2D eigenvalue weighted by atomic mass is 16.7. The van der Waals surface area contributed by atoms with Crippen LogP contribution < -0.4 is 0 Å². The Balaban J connectivity index is 4.00. The molecule has 0 amide bonds. The Morgan fingerprint density at radius 3 is 1.63 bits per heavy atom. The van der Waals surface area contributed by atoms with E-state index in [0.29, 0.717) is 0 Å². The monoisotopic (exact) mass is 272 g/mol. The second-order valence-corrected chi connectivity index (χ2v) is 5.48. The van der Waals surface area contributed by atoms with E-state index in [2.05, 4.69) is 27.7 Å². The highest BCUT2D eigenvalue weighted by molar-refractivity contribution is 4.69. The van der Waals surface area contributed by atoms with Gasteiger partial charge in [0.2, 0.25) is 0 Å². The van der Waals surface area contributed by atoms with Crippen molar-refractivity contribution >= 4 is 0 Å². The Kier molecular flexibility index (Phi) is 12.9. The third-order valence-corrected chi connectivity index (χ3v) is 3.59.